The Morgan fingerprint density at radius 2 is 2.27 bits per heavy atom. The van der Waals surface area contributed by atoms with E-state index in [0.717, 1.165) is 24.5 Å². The molecular formula is C18H19N5O2S. The summed E-state index contributed by atoms with van der Waals surface area (Å²) in [5.41, 5.74) is 1.28. The Balaban J connectivity index is 1.39. The fourth-order valence-electron chi connectivity index (χ4n) is 3.83. The number of likely N-dealkylation sites (tertiary alicyclic amines) is 1. The van der Waals surface area contributed by atoms with E-state index in [1.807, 2.05) is 18.1 Å². The third kappa shape index (κ3) is 2.48. The Bertz CT molecular complexity index is 960. The van der Waals surface area contributed by atoms with E-state index in [9.17, 15) is 4.79 Å². The van der Waals surface area contributed by atoms with E-state index in [-0.39, 0.29) is 11.5 Å². The Kier molecular flexibility index (Phi) is 3.51. The number of rotatable bonds is 2. The number of fused-ring (bicyclic) bond motifs is 1. The van der Waals surface area contributed by atoms with Crippen molar-refractivity contribution in [3.8, 4) is 10.6 Å². The molecule has 26 heavy (non-hydrogen) atoms. The number of amides is 1. The number of carbonyl (C=O) groups excluding carboxylic acids is 1. The maximum absolute atomic E-state index is 12.7. The molecule has 7 nitrogen and oxygen atoms in total. The van der Waals surface area contributed by atoms with E-state index in [2.05, 4.69) is 32.2 Å². The quantitative estimate of drug-likeness (QED) is 0.694. The van der Waals surface area contributed by atoms with Crippen LogP contribution in [0.3, 0.4) is 0 Å². The summed E-state index contributed by atoms with van der Waals surface area (Å²) in [5.74, 6) is 0.925. The number of nitrogens with zero attached hydrogens (tertiary/aromatic N) is 5. The predicted octanol–water partition coefficient (Wildman–Crippen LogP) is 2.16. The first kappa shape index (κ1) is 15.8. The average molecular weight is 369 g/mol. The van der Waals surface area contributed by atoms with Crippen LogP contribution >= 0.6 is 11.3 Å². The number of hydrogen-bond acceptors (Lipinski definition) is 5. The van der Waals surface area contributed by atoms with Crippen LogP contribution in [-0.2, 0) is 24.9 Å². The number of aromatic nitrogens is 4. The number of carbonyl (C=O) groups is 1. The van der Waals surface area contributed by atoms with Crippen LogP contribution in [0.5, 0.6) is 0 Å². The largest absolute Gasteiger partial charge is 0.363 e. The molecule has 5 heterocycles. The standard InChI is InChI=1S/C18H19N5O2S/c1-21-6-4-13(20-21)17(24)22-7-5-18(11-22)12-23-14(15-3-2-8-26-15)9-19-16(23)10-25-18/h2-4,6,8-9H,5,7,10-12H2,1H3/t18-/m0/s1. The van der Waals surface area contributed by atoms with Crippen molar-refractivity contribution in [2.45, 2.75) is 25.2 Å². The van der Waals surface area contributed by atoms with E-state index >= 15 is 0 Å². The minimum atomic E-state index is -0.343. The van der Waals surface area contributed by atoms with Gasteiger partial charge in [0.2, 0.25) is 0 Å². The van der Waals surface area contributed by atoms with Gasteiger partial charge in [0, 0.05) is 19.8 Å². The first-order valence-electron chi connectivity index (χ1n) is 8.65. The number of hydrogen-bond donors (Lipinski definition) is 0. The van der Waals surface area contributed by atoms with Gasteiger partial charge in [-0.05, 0) is 23.9 Å². The van der Waals surface area contributed by atoms with E-state index in [1.165, 1.54) is 4.88 Å². The van der Waals surface area contributed by atoms with Gasteiger partial charge in [0.1, 0.15) is 23.7 Å². The van der Waals surface area contributed by atoms with Crippen LogP contribution in [0, 0.1) is 0 Å². The van der Waals surface area contributed by atoms with Crippen molar-refractivity contribution < 1.29 is 9.53 Å². The highest BCUT2D eigenvalue weighted by Gasteiger charge is 2.45. The number of imidazole rings is 1. The van der Waals surface area contributed by atoms with E-state index in [0.29, 0.717) is 25.4 Å². The second-order valence-corrected chi connectivity index (χ2v) is 7.89. The van der Waals surface area contributed by atoms with Gasteiger partial charge in [-0.1, -0.05) is 6.07 Å². The van der Waals surface area contributed by atoms with Crippen LogP contribution in [-0.4, -0.2) is 48.8 Å². The number of aryl methyl sites for hydroxylation is 1. The van der Waals surface area contributed by atoms with Crippen LogP contribution < -0.4 is 0 Å². The van der Waals surface area contributed by atoms with Crippen molar-refractivity contribution in [3.63, 3.8) is 0 Å². The first-order chi connectivity index (χ1) is 12.6. The summed E-state index contributed by atoms with van der Waals surface area (Å²) in [4.78, 5) is 20.3. The second kappa shape index (κ2) is 5.78. The van der Waals surface area contributed by atoms with Crippen molar-refractivity contribution in [2.75, 3.05) is 13.1 Å². The molecule has 2 aliphatic heterocycles. The van der Waals surface area contributed by atoms with Crippen molar-refractivity contribution in [2.24, 2.45) is 7.05 Å². The molecule has 0 aliphatic carbocycles. The number of thiophene rings is 1. The molecule has 0 bridgehead atoms. The Morgan fingerprint density at radius 3 is 3.04 bits per heavy atom. The molecule has 1 amide bonds. The van der Waals surface area contributed by atoms with Gasteiger partial charge in [0.15, 0.2) is 0 Å². The highest BCUT2D eigenvalue weighted by Crippen LogP contribution is 2.36. The molecule has 2 aliphatic rings. The van der Waals surface area contributed by atoms with Crippen molar-refractivity contribution in [3.05, 3.63) is 47.5 Å². The molecule has 0 radical (unpaired) electrons. The minimum Gasteiger partial charge on any atom is -0.363 e. The summed E-state index contributed by atoms with van der Waals surface area (Å²) in [6, 6.07) is 5.93. The summed E-state index contributed by atoms with van der Waals surface area (Å²) in [6.45, 7) is 2.48. The Labute approximate surface area is 154 Å². The van der Waals surface area contributed by atoms with Gasteiger partial charge in [0.05, 0.1) is 29.9 Å². The zero-order valence-corrected chi connectivity index (χ0v) is 15.3. The van der Waals surface area contributed by atoms with Crippen molar-refractivity contribution in [1.82, 2.24) is 24.2 Å². The van der Waals surface area contributed by atoms with E-state index in [1.54, 1.807) is 28.3 Å². The van der Waals surface area contributed by atoms with Gasteiger partial charge in [-0.15, -0.1) is 11.3 Å². The van der Waals surface area contributed by atoms with Crippen molar-refractivity contribution >= 4 is 17.2 Å². The van der Waals surface area contributed by atoms with Gasteiger partial charge in [0.25, 0.3) is 5.91 Å². The van der Waals surface area contributed by atoms with Crippen LogP contribution in [0.15, 0.2) is 36.0 Å². The van der Waals surface area contributed by atoms with Gasteiger partial charge >= 0.3 is 0 Å². The lowest BCUT2D eigenvalue weighted by molar-refractivity contribution is -0.0804. The third-order valence-electron chi connectivity index (χ3n) is 5.20. The van der Waals surface area contributed by atoms with E-state index in [4.69, 9.17) is 4.74 Å². The third-order valence-corrected chi connectivity index (χ3v) is 6.09. The predicted molar refractivity (Wildman–Crippen MR) is 96.8 cm³/mol. The van der Waals surface area contributed by atoms with Crippen LogP contribution in [0.25, 0.3) is 10.6 Å². The lowest BCUT2D eigenvalue weighted by Crippen LogP contribution is -2.45. The van der Waals surface area contributed by atoms with Gasteiger partial charge in [-0.25, -0.2) is 4.98 Å². The highest BCUT2D eigenvalue weighted by molar-refractivity contribution is 7.13. The Hall–Kier alpha value is -2.45. The highest BCUT2D eigenvalue weighted by atomic mass is 32.1. The minimum absolute atomic E-state index is 0.0269. The zero-order valence-electron chi connectivity index (χ0n) is 14.5. The van der Waals surface area contributed by atoms with Crippen LogP contribution in [0.1, 0.15) is 22.7 Å². The molecule has 0 unspecified atom stereocenters. The molecule has 0 N–H and O–H groups in total. The molecular weight excluding hydrogens is 350 g/mol. The summed E-state index contributed by atoms with van der Waals surface area (Å²) in [5, 5.41) is 6.31. The molecule has 1 atom stereocenters. The number of ether oxygens (including phenoxy) is 1. The molecule has 1 spiro atoms. The lowest BCUT2D eigenvalue weighted by Gasteiger charge is -2.35. The second-order valence-electron chi connectivity index (χ2n) is 6.95. The summed E-state index contributed by atoms with van der Waals surface area (Å²) in [7, 11) is 1.82. The molecule has 3 aromatic rings. The maximum Gasteiger partial charge on any atom is 0.274 e. The fourth-order valence-corrected chi connectivity index (χ4v) is 4.58. The summed E-state index contributed by atoms with van der Waals surface area (Å²) < 4.78 is 10.1. The van der Waals surface area contributed by atoms with Crippen molar-refractivity contribution in [1.29, 1.82) is 0 Å². The van der Waals surface area contributed by atoms with Gasteiger partial charge in [-0.3, -0.25) is 9.48 Å². The maximum atomic E-state index is 12.7. The molecule has 8 heteroatoms. The molecule has 5 rings (SSSR count). The molecule has 1 saturated heterocycles. The fraction of sp³-hybridized carbons (Fsp3) is 0.389. The zero-order chi connectivity index (χ0) is 17.7. The van der Waals surface area contributed by atoms with Crippen LogP contribution in [0.4, 0.5) is 0 Å². The molecule has 134 valence electrons. The monoisotopic (exact) mass is 369 g/mol. The van der Waals surface area contributed by atoms with E-state index < -0.39 is 0 Å². The van der Waals surface area contributed by atoms with Gasteiger partial charge < -0.3 is 14.2 Å². The molecule has 0 aromatic carbocycles. The normalized spacial score (nSPS) is 22.1. The first-order valence-corrected chi connectivity index (χ1v) is 9.53. The van der Waals surface area contributed by atoms with Gasteiger partial charge in [-0.2, -0.15) is 5.10 Å². The summed E-state index contributed by atoms with van der Waals surface area (Å²) >= 11 is 1.71. The lowest BCUT2D eigenvalue weighted by atomic mass is 10.0. The molecule has 3 aromatic heterocycles. The topological polar surface area (TPSA) is 65.2 Å². The Morgan fingerprint density at radius 1 is 1.35 bits per heavy atom. The SMILES string of the molecule is Cn1ccc(C(=O)N2CC[C@]3(C2)Cn2c(-c4cccs4)cnc2CO3)n1. The average Bonchev–Trinajstić information content (AvgIpc) is 3.41. The van der Waals surface area contributed by atoms with Crippen LogP contribution in [0.2, 0.25) is 0 Å². The molecule has 0 saturated carbocycles. The molecule has 1 fully saturated rings. The smallest absolute Gasteiger partial charge is 0.274 e. The summed E-state index contributed by atoms with van der Waals surface area (Å²) in [6.07, 6.45) is 4.55.